The second-order valence-corrected chi connectivity index (χ2v) is 7.48. The maximum absolute atomic E-state index is 12.4. The molecule has 2 aromatic carbocycles. The number of anilines is 1. The van der Waals surface area contributed by atoms with Crippen LogP contribution >= 0.6 is 0 Å². The summed E-state index contributed by atoms with van der Waals surface area (Å²) >= 11 is 0. The maximum Gasteiger partial charge on any atom is 0.265 e. The molecule has 1 N–H and O–H groups in total. The highest BCUT2D eigenvalue weighted by atomic mass is 32.2. The van der Waals surface area contributed by atoms with Crippen molar-refractivity contribution < 1.29 is 8.42 Å². The minimum absolute atomic E-state index is 0.110. The molecule has 0 fully saturated rings. The zero-order valence-electron chi connectivity index (χ0n) is 13.5. The highest BCUT2D eigenvalue weighted by Gasteiger charge is 2.17. The summed E-state index contributed by atoms with van der Waals surface area (Å²) in [5, 5.41) is 4.07. The lowest BCUT2D eigenvalue weighted by atomic mass is 10.1. The molecule has 0 aliphatic rings. The van der Waals surface area contributed by atoms with Gasteiger partial charge in [-0.1, -0.05) is 42.5 Å². The van der Waals surface area contributed by atoms with Crippen molar-refractivity contribution in [3.05, 3.63) is 67.0 Å². The topological polar surface area (TPSA) is 64.0 Å². The third-order valence-corrected chi connectivity index (χ3v) is 5.00. The van der Waals surface area contributed by atoms with Gasteiger partial charge < -0.3 is 0 Å². The van der Waals surface area contributed by atoms with Crippen molar-refractivity contribution in [1.29, 1.82) is 0 Å². The number of nitrogens with zero attached hydrogens (tertiary/aromatic N) is 2. The molecule has 3 aromatic rings. The van der Waals surface area contributed by atoms with Gasteiger partial charge in [0.05, 0.1) is 6.20 Å². The fraction of sp³-hybridized carbons (Fsp3) is 0.167. The van der Waals surface area contributed by atoms with E-state index >= 15 is 0 Å². The number of benzene rings is 2. The normalized spacial score (nSPS) is 11.6. The average Bonchev–Trinajstić information content (AvgIpc) is 3.07. The van der Waals surface area contributed by atoms with Gasteiger partial charge in [0, 0.05) is 17.9 Å². The van der Waals surface area contributed by atoms with Crippen molar-refractivity contribution in [2.24, 2.45) is 0 Å². The predicted octanol–water partition coefficient (Wildman–Crippen LogP) is 3.93. The number of sulfonamides is 1. The van der Waals surface area contributed by atoms with Crippen molar-refractivity contribution in [2.75, 3.05) is 4.72 Å². The third kappa shape index (κ3) is 3.49. The van der Waals surface area contributed by atoms with E-state index in [1.54, 1.807) is 16.8 Å². The van der Waals surface area contributed by atoms with E-state index in [1.165, 1.54) is 12.4 Å². The molecule has 0 bridgehead atoms. The average molecular weight is 341 g/mol. The fourth-order valence-electron chi connectivity index (χ4n) is 2.32. The van der Waals surface area contributed by atoms with Gasteiger partial charge >= 0.3 is 0 Å². The van der Waals surface area contributed by atoms with Crippen molar-refractivity contribution in [2.45, 2.75) is 24.8 Å². The molecule has 24 heavy (non-hydrogen) atoms. The van der Waals surface area contributed by atoms with Gasteiger partial charge in [-0.2, -0.15) is 5.10 Å². The smallest absolute Gasteiger partial charge is 0.265 e. The zero-order valence-corrected chi connectivity index (χ0v) is 14.4. The molecule has 1 heterocycles. The number of hydrogen-bond acceptors (Lipinski definition) is 3. The summed E-state index contributed by atoms with van der Waals surface area (Å²) in [5.74, 6) is 0. The van der Waals surface area contributed by atoms with Crippen LogP contribution in [0, 0.1) is 0 Å². The summed E-state index contributed by atoms with van der Waals surface area (Å²) in [4.78, 5) is 0.156. The fourth-order valence-corrected chi connectivity index (χ4v) is 3.31. The van der Waals surface area contributed by atoms with E-state index in [0.717, 1.165) is 11.1 Å². The van der Waals surface area contributed by atoms with E-state index in [2.05, 4.69) is 9.82 Å². The number of rotatable bonds is 5. The van der Waals surface area contributed by atoms with E-state index in [4.69, 9.17) is 0 Å². The lowest BCUT2D eigenvalue weighted by Crippen LogP contribution is -2.12. The van der Waals surface area contributed by atoms with Gasteiger partial charge in [0.1, 0.15) is 4.90 Å². The van der Waals surface area contributed by atoms with E-state index in [0.29, 0.717) is 5.69 Å². The Hall–Kier alpha value is -2.60. The van der Waals surface area contributed by atoms with Crippen LogP contribution in [0.5, 0.6) is 0 Å². The molecule has 0 unspecified atom stereocenters. The van der Waals surface area contributed by atoms with Crippen LogP contribution in [0.15, 0.2) is 71.9 Å². The zero-order chi connectivity index (χ0) is 17.2. The molecule has 0 radical (unpaired) electrons. The van der Waals surface area contributed by atoms with Crippen LogP contribution in [0.2, 0.25) is 0 Å². The van der Waals surface area contributed by atoms with Gasteiger partial charge in [0.2, 0.25) is 0 Å². The second kappa shape index (κ2) is 6.49. The highest BCUT2D eigenvalue weighted by molar-refractivity contribution is 7.92. The largest absolute Gasteiger partial charge is 0.280 e. The summed E-state index contributed by atoms with van der Waals surface area (Å²) < 4.78 is 29.1. The van der Waals surface area contributed by atoms with E-state index in [-0.39, 0.29) is 10.9 Å². The first-order chi connectivity index (χ1) is 11.5. The molecular formula is C18H19N3O2S. The molecule has 6 heteroatoms. The van der Waals surface area contributed by atoms with Gasteiger partial charge in [0.15, 0.2) is 0 Å². The van der Waals surface area contributed by atoms with E-state index in [9.17, 15) is 8.42 Å². The minimum atomic E-state index is -3.64. The lowest BCUT2D eigenvalue weighted by Gasteiger charge is -2.08. The third-order valence-electron chi connectivity index (χ3n) is 3.66. The Morgan fingerprint density at radius 1 is 0.958 bits per heavy atom. The van der Waals surface area contributed by atoms with Gasteiger partial charge in [-0.25, -0.2) is 8.42 Å². The lowest BCUT2D eigenvalue weighted by molar-refractivity contribution is 0.531. The Bertz CT molecular complexity index is 914. The van der Waals surface area contributed by atoms with Gasteiger partial charge in [-0.15, -0.1) is 0 Å². The summed E-state index contributed by atoms with van der Waals surface area (Å²) in [6, 6.07) is 17.3. The number of hydrogen-bond donors (Lipinski definition) is 1. The Morgan fingerprint density at radius 2 is 1.58 bits per heavy atom. The van der Waals surface area contributed by atoms with E-state index < -0.39 is 10.0 Å². The summed E-state index contributed by atoms with van der Waals surface area (Å²) in [6.07, 6.45) is 2.89. The van der Waals surface area contributed by atoms with Crippen LogP contribution in [-0.4, -0.2) is 18.2 Å². The van der Waals surface area contributed by atoms with Gasteiger partial charge in [0.25, 0.3) is 10.0 Å². The molecule has 0 aliphatic carbocycles. The first-order valence-corrected chi connectivity index (χ1v) is 9.16. The summed E-state index contributed by atoms with van der Waals surface area (Å²) in [5.41, 5.74) is 2.64. The van der Waals surface area contributed by atoms with Crippen LogP contribution in [0.3, 0.4) is 0 Å². The monoisotopic (exact) mass is 341 g/mol. The minimum Gasteiger partial charge on any atom is -0.280 e. The molecule has 1 aromatic heterocycles. The molecule has 124 valence electrons. The van der Waals surface area contributed by atoms with Crippen molar-refractivity contribution in [3.8, 4) is 11.1 Å². The molecule has 0 atom stereocenters. The predicted molar refractivity (Wildman–Crippen MR) is 95.3 cm³/mol. The molecule has 0 saturated heterocycles. The summed E-state index contributed by atoms with van der Waals surface area (Å²) in [6.45, 7) is 3.89. The van der Waals surface area contributed by atoms with Crippen LogP contribution in [-0.2, 0) is 10.0 Å². The van der Waals surface area contributed by atoms with Crippen molar-refractivity contribution in [1.82, 2.24) is 9.78 Å². The van der Waals surface area contributed by atoms with Crippen LogP contribution < -0.4 is 4.72 Å². The number of nitrogens with one attached hydrogen (secondary N) is 1. The Kier molecular flexibility index (Phi) is 4.40. The molecule has 5 nitrogen and oxygen atoms in total. The standard InChI is InChI=1S/C18H19N3O2S/c1-14(2)21-13-18(12-19-21)24(22,23)20-17-10-8-16(9-11-17)15-6-4-3-5-7-15/h3-14,20H,1-2H3. The molecule has 0 spiro atoms. The molecular weight excluding hydrogens is 322 g/mol. The highest BCUT2D eigenvalue weighted by Crippen LogP contribution is 2.22. The van der Waals surface area contributed by atoms with E-state index in [1.807, 2.05) is 56.3 Å². The molecule has 0 saturated carbocycles. The Balaban J connectivity index is 1.80. The molecule has 0 aliphatic heterocycles. The first-order valence-electron chi connectivity index (χ1n) is 7.68. The Morgan fingerprint density at radius 3 is 2.17 bits per heavy atom. The maximum atomic E-state index is 12.4. The van der Waals surface area contributed by atoms with Crippen molar-refractivity contribution >= 4 is 15.7 Å². The van der Waals surface area contributed by atoms with Gasteiger partial charge in [-0.05, 0) is 37.1 Å². The van der Waals surface area contributed by atoms with Crippen LogP contribution in [0.4, 0.5) is 5.69 Å². The van der Waals surface area contributed by atoms with Crippen molar-refractivity contribution in [3.63, 3.8) is 0 Å². The second-order valence-electron chi connectivity index (χ2n) is 5.80. The first kappa shape index (κ1) is 16.3. The van der Waals surface area contributed by atoms with Crippen LogP contribution in [0.25, 0.3) is 11.1 Å². The van der Waals surface area contributed by atoms with Gasteiger partial charge in [-0.3, -0.25) is 9.40 Å². The Labute approximate surface area is 142 Å². The quantitative estimate of drug-likeness (QED) is 0.765. The molecule has 3 rings (SSSR count). The SMILES string of the molecule is CC(C)n1cc(S(=O)(=O)Nc2ccc(-c3ccccc3)cc2)cn1. The summed E-state index contributed by atoms with van der Waals surface area (Å²) in [7, 11) is -3.64. The molecule has 0 amide bonds. The van der Waals surface area contributed by atoms with Crippen LogP contribution in [0.1, 0.15) is 19.9 Å². The number of aromatic nitrogens is 2.